The van der Waals surface area contributed by atoms with Crippen LogP contribution >= 0.6 is 24.2 Å². The van der Waals surface area contributed by atoms with Gasteiger partial charge >= 0.3 is 0 Å². The van der Waals surface area contributed by atoms with Crippen LogP contribution in [0.4, 0.5) is 11.4 Å². The fourth-order valence-corrected chi connectivity index (χ4v) is 2.93. The minimum absolute atomic E-state index is 0. The molecular formula is C12H17ClN2O2S. The van der Waals surface area contributed by atoms with Crippen molar-refractivity contribution < 1.29 is 9.53 Å². The summed E-state index contributed by atoms with van der Waals surface area (Å²) in [4.78, 5) is 11.9. The fourth-order valence-electron chi connectivity index (χ4n) is 1.77. The van der Waals surface area contributed by atoms with Gasteiger partial charge in [0, 0.05) is 6.07 Å². The van der Waals surface area contributed by atoms with Crippen molar-refractivity contribution in [3.8, 4) is 5.75 Å². The predicted molar refractivity (Wildman–Crippen MR) is 78.8 cm³/mol. The van der Waals surface area contributed by atoms with E-state index in [9.17, 15) is 4.79 Å². The molecule has 1 aromatic carbocycles. The van der Waals surface area contributed by atoms with E-state index in [2.05, 4.69) is 5.32 Å². The van der Waals surface area contributed by atoms with Crippen LogP contribution in [0.1, 0.15) is 12.8 Å². The van der Waals surface area contributed by atoms with E-state index in [0.717, 1.165) is 18.6 Å². The first-order valence-electron chi connectivity index (χ1n) is 5.56. The number of rotatable bonds is 3. The van der Waals surface area contributed by atoms with Crippen molar-refractivity contribution in [3.63, 3.8) is 0 Å². The molecule has 1 fully saturated rings. The second-order valence-corrected chi connectivity index (χ2v) is 5.25. The van der Waals surface area contributed by atoms with Crippen molar-refractivity contribution in [1.29, 1.82) is 0 Å². The lowest BCUT2D eigenvalue weighted by atomic mass is 10.2. The van der Waals surface area contributed by atoms with Gasteiger partial charge in [0.15, 0.2) is 0 Å². The molecule has 4 nitrogen and oxygen atoms in total. The van der Waals surface area contributed by atoms with Gasteiger partial charge in [-0.25, -0.2) is 0 Å². The highest BCUT2D eigenvalue weighted by Crippen LogP contribution is 2.29. The molecule has 1 unspecified atom stereocenters. The summed E-state index contributed by atoms with van der Waals surface area (Å²) >= 11 is 1.70. The van der Waals surface area contributed by atoms with E-state index in [1.165, 1.54) is 0 Å². The molecule has 6 heteroatoms. The quantitative estimate of drug-likeness (QED) is 0.839. The third kappa shape index (κ3) is 3.46. The van der Waals surface area contributed by atoms with Crippen LogP contribution in [0.25, 0.3) is 0 Å². The highest BCUT2D eigenvalue weighted by atomic mass is 35.5. The van der Waals surface area contributed by atoms with Crippen molar-refractivity contribution in [3.05, 3.63) is 18.2 Å². The van der Waals surface area contributed by atoms with Crippen molar-refractivity contribution in [2.45, 2.75) is 18.1 Å². The van der Waals surface area contributed by atoms with Gasteiger partial charge in [-0.3, -0.25) is 4.79 Å². The zero-order chi connectivity index (χ0) is 12.3. The fraction of sp³-hybridized carbons (Fsp3) is 0.417. The monoisotopic (exact) mass is 288 g/mol. The van der Waals surface area contributed by atoms with Gasteiger partial charge in [-0.1, -0.05) is 0 Å². The van der Waals surface area contributed by atoms with Gasteiger partial charge < -0.3 is 15.8 Å². The Morgan fingerprint density at radius 1 is 1.56 bits per heavy atom. The average Bonchev–Trinajstić information content (AvgIpc) is 2.85. The zero-order valence-corrected chi connectivity index (χ0v) is 11.8. The maximum absolute atomic E-state index is 11.9. The number of nitrogens with two attached hydrogens (primary N) is 1. The first-order valence-corrected chi connectivity index (χ1v) is 6.61. The van der Waals surface area contributed by atoms with Crippen molar-refractivity contribution in [2.24, 2.45) is 0 Å². The number of nitrogens with one attached hydrogen (secondary N) is 1. The number of carbonyl (C=O) groups is 1. The Bertz CT molecular complexity index is 423. The van der Waals surface area contributed by atoms with Crippen LogP contribution in [0.5, 0.6) is 5.75 Å². The minimum atomic E-state index is 0. The van der Waals surface area contributed by atoms with Crippen LogP contribution in [0, 0.1) is 0 Å². The van der Waals surface area contributed by atoms with E-state index in [4.69, 9.17) is 10.5 Å². The van der Waals surface area contributed by atoms with Crippen LogP contribution in [0.2, 0.25) is 0 Å². The van der Waals surface area contributed by atoms with Crippen LogP contribution < -0.4 is 15.8 Å². The minimum Gasteiger partial charge on any atom is -0.497 e. The number of benzene rings is 1. The Morgan fingerprint density at radius 2 is 2.33 bits per heavy atom. The maximum Gasteiger partial charge on any atom is 0.237 e. The van der Waals surface area contributed by atoms with Gasteiger partial charge in [0.25, 0.3) is 0 Å². The normalized spacial score (nSPS) is 17.9. The molecule has 1 aliphatic rings. The number of thioether (sulfide) groups is 1. The molecule has 0 aliphatic carbocycles. The molecule has 3 N–H and O–H groups in total. The first-order chi connectivity index (χ1) is 8.20. The molecule has 0 spiro atoms. The molecule has 1 aromatic rings. The van der Waals surface area contributed by atoms with E-state index in [0.29, 0.717) is 17.1 Å². The smallest absolute Gasteiger partial charge is 0.237 e. The van der Waals surface area contributed by atoms with Crippen molar-refractivity contribution in [1.82, 2.24) is 0 Å². The third-order valence-electron chi connectivity index (χ3n) is 2.74. The van der Waals surface area contributed by atoms with E-state index >= 15 is 0 Å². The van der Waals surface area contributed by atoms with Gasteiger partial charge in [0.05, 0.1) is 23.7 Å². The molecule has 100 valence electrons. The Balaban J connectivity index is 0.00000162. The molecule has 1 atom stereocenters. The van der Waals surface area contributed by atoms with Crippen molar-refractivity contribution in [2.75, 3.05) is 23.9 Å². The van der Waals surface area contributed by atoms with Gasteiger partial charge in [-0.05, 0) is 30.7 Å². The second-order valence-electron chi connectivity index (χ2n) is 3.94. The summed E-state index contributed by atoms with van der Waals surface area (Å²) in [7, 11) is 1.59. The number of halogens is 1. The summed E-state index contributed by atoms with van der Waals surface area (Å²) in [5.74, 6) is 1.78. The van der Waals surface area contributed by atoms with Gasteiger partial charge in [0.2, 0.25) is 5.91 Å². The summed E-state index contributed by atoms with van der Waals surface area (Å²) in [6.45, 7) is 0. The zero-order valence-electron chi connectivity index (χ0n) is 10.1. The van der Waals surface area contributed by atoms with E-state index in [-0.39, 0.29) is 23.6 Å². The van der Waals surface area contributed by atoms with E-state index in [1.54, 1.807) is 37.1 Å². The summed E-state index contributed by atoms with van der Waals surface area (Å²) in [5, 5.41) is 2.92. The number of anilines is 2. The Kier molecular flexibility index (Phi) is 5.62. The summed E-state index contributed by atoms with van der Waals surface area (Å²) in [6, 6.07) is 5.25. The average molecular weight is 289 g/mol. The SMILES string of the molecule is COc1ccc(N)c(NC(=O)C2CCCS2)c1.Cl. The van der Waals surface area contributed by atoms with Gasteiger partial charge in [-0.2, -0.15) is 0 Å². The number of hydrogen-bond donors (Lipinski definition) is 2. The lowest BCUT2D eigenvalue weighted by Crippen LogP contribution is -2.23. The molecule has 1 aliphatic heterocycles. The number of nitrogen functional groups attached to an aromatic ring is 1. The molecule has 0 saturated carbocycles. The molecule has 0 bridgehead atoms. The maximum atomic E-state index is 11.9. The first kappa shape index (κ1) is 15.0. The molecule has 0 aromatic heterocycles. The standard InChI is InChI=1S/C12H16N2O2S.ClH/c1-16-8-4-5-9(13)10(7-8)14-12(15)11-3-2-6-17-11;/h4-5,7,11H,2-3,6,13H2,1H3,(H,14,15);1H. The van der Waals surface area contributed by atoms with E-state index < -0.39 is 0 Å². The molecule has 18 heavy (non-hydrogen) atoms. The topological polar surface area (TPSA) is 64.3 Å². The summed E-state index contributed by atoms with van der Waals surface area (Å²) < 4.78 is 5.10. The van der Waals surface area contributed by atoms with Gasteiger partial charge in [0.1, 0.15) is 5.75 Å². The molecular weight excluding hydrogens is 272 g/mol. The van der Waals surface area contributed by atoms with Crippen LogP contribution in [-0.4, -0.2) is 24.0 Å². The number of amides is 1. The van der Waals surface area contributed by atoms with Crippen molar-refractivity contribution >= 4 is 41.5 Å². The number of ether oxygens (including phenoxy) is 1. The largest absolute Gasteiger partial charge is 0.497 e. The van der Waals surface area contributed by atoms with Crippen LogP contribution in [-0.2, 0) is 4.79 Å². The Morgan fingerprint density at radius 3 is 2.94 bits per heavy atom. The van der Waals surface area contributed by atoms with E-state index in [1.807, 2.05) is 0 Å². The molecule has 0 radical (unpaired) electrons. The summed E-state index contributed by atoms with van der Waals surface area (Å²) in [6.07, 6.45) is 2.05. The molecule has 1 heterocycles. The Hall–Kier alpha value is -1.07. The number of methoxy groups -OCH3 is 1. The highest BCUT2D eigenvalue weighted by molar-refractivity contribution is 8.00. The molecule has 2 rings (SSSR count). The Labute approximate surface area is 117 Å². The van der Waals surface area contributed by atoms with Crippen LogP contribution in [0.15, 0.2) is 18.2 Å². The number of hydrogen-bond acceptors (Lipinski definition) is 4. The lowest BCUT2D eigenvalue weighted by Gasteiger charge is -2.12. The second kappa shape index (κ2) is 6.75. The molecule has 1 amide bonds. The number of carbonyl (C=O) groups excluding carboxylic acids is 1. The van der Waals surface area contributed by atoms with Crippen LogP contribution in [0.3, 0.4) is 0 Å². The predicted octanol–water partition coefficient (Wildman–Crippen LogP) is 2.53. The third-order valence-corrected chi connectivity index (χ3v) is 4.12. The summed E-state index contributed by atoms with van der Waals surface area (Å²) in [5.41, 5.74) is 7.00. The lowest BCUT2D eigenvalue weighted by molar-refractivity contribution is -0.115. The van der Waals surface area contributed by atoms with Gasteiger partial charge in [-0.15, -0.1) is 24.2 Å². The highest BCUT2D eigenvalue weighted by Gasteiger charge is 2.23. The molecule has 1 saturated heterocycles.